The van der Waals surface area contributed by atoms with Gasteiger partial charge >= 0.3 is 18.3 Å². The number of carbonyl (C=O) groups is 1. The second kappa shape index (κ2) is 8.06. The minimum Gasteiger partial charge on any atom is -0.480 e. The maximum absolute atomic E-state index is 13.5. The summed E-state index contributed by atoms with van der Waals surface area (Å²) in [6.07, 6.45) is -14.1. The Kier molecular flexibility index (Phi) is 7.70. The number of aliphatic carboxylic acids is 1. The average Bonchev–Trinajstić information content (AvgIpc) is 2.37. The molecule has 0 heterocycles. The minimum absolute atomic E-state index is 0.0526. The lowest BCUT2D eigenvalue weighted by Crippen LogP contribution is -2.43. The number of hydrogen-bond acceptors (Lipinski definition) is 3. The third-order valence-electron chi connectivity index (χ3n) is 3.47. The molecule has 0 radical (unpaired) electrons. The monoisotopic (exact) mass is 405 g/mol. The van der Waals surface area contributed by atoms with Gasteiger partial charge < -0.3 is 5.11 Å². The molecule has 1 N–H and O–H groups in total. The van der Waals surface area contributed by atoms with Crippen LogP contribution in [0.4, 0.5) is 30.7 Å². The molecule has 2 atom stereocenters. The molecule has 0 aliphatic heterocycles. The molecule has 0 bridgehead atoms. The first-order valence-corrected chi connectivity index (χ1v) is 8.57. The Balaban J connectivity index is 5.29. The molecule has 25 heavy (non-hydrogen) atoms. The van der Waals surface area contributed by atoms with Crippen LogP contribution in [0, 0.1) is 5.92 Å². The Labute approximate surface area is 139 Å². The van der Waals surface area contributed by atoms with Gasteiger partial charge in [-0.25, -0.2) is 12.8 Å². The summed E-state index contributed by atoms with van der Waals surface area (Å²) in [7, 11) is -4.47. The summed E-state index contributed by atoms with van der Waals surface area (Å²) in [6.45, 7) is -0.166. The summed E-state index contributed by atoms with van der Waals surface area (Å²) in [5.74, 6) is -5.67. The van der Waals surface area contributed by atoms with Gasteiger partial charge in [-0.15, -0.1) is 0 Å². The summed E-state index contributed by atoms with van der Waals surface area (Å²) in [5, 5.41) is 8.57. The van der Waals surface area contributed by atoms with E-state index in [0.717, 1.165) is 0 Å². The highest BCUT2D eigenvalue weighted by Gasteiger charge is 2.56. The lowest BCUT2D eigenvalue weighted by atomic mass is 9.90. The highest BCUT2D eigenvalue weighted by Crippen LogP contribution is 2.43. The van der Waals surface area contributed by atoms with Crippen LogP contribution in [-0.4, -0.2) is 60.7 Å². The lowest BCUT2D eigenvalue weighted by molar-refractivity contribution is -0.248. The van der Waals surface area contributed by atoms with Crippen LogP contribution in [0.15, 0.2) is 0 Å². The summed E-state index contributed by atoms with van der Waals surface area (Å²) >= 11 is 0. The molecule has 0 aromatic carbocycles. The van der Waals surface area contributed by atoms with Crippen LogP contribution in [0.3, 0.4) is 0 Å². The van der Waals surface area contributed by atoms with Gasteiger partial charge in [0, 0.05) is 13.0 Å². The van der Waals surface area contributed by atoms with E-state index >= 15 is 0 Å². The molecule has 2 unspecified atom stereocenters. The van der Waals surface area contributed by atoms with Gasteiger partial charge in [0.05, 0.1) is 11.7 Å². The van der Waals surface area contributed by atoms with Crippen molar-refractivity contribution >= 4 is 16.0 Å². The average molecular weight is 405 g/mol. The number of carboxylic acid groups (broad SMARTS) is 1. The number of likely N-dealkylation sites (N-methyl/N-ethyl adjacent to an activating group) is 1. The van der Waals surface area contributed by atoms with Crippen LogP contribution in [0.25, 0.3) is 0 Å². The standard InChI is InChI=1S/C12H18F7NO4S/c1-3-20(7-9(21)22)25(23,24)5-4-8(11(14,15)16)6-10(2,13)12(17,18)19/h8H,3-7H2,1-2H3,(H,21,22). The number of hydrogen-bond donors (Lipinski definition) is 1. The Morgan fingerprint density at radius 3 is 1.92 bits per heavy atom. The zero-order valence-corrected chi connectivity index (χ0v) is 14.1. The molecule has 0 aromatic rings. The Morgan fingerprint density at radius 1 is 1.12 bits per heavy atom. The molecule has 0 aliphatic rings. The Morgan fingerprint density at radius 2 is 1.60 bits per heavy atom. The van der Waals surface area contributed by atoms with Crippen molar-refractivity contribution in [2.24, 2.45) is 5.92 Å². The maximum atomic E-state index is 13.5. The van der Waals surface area contributed by atoms with E-state index in [-0.39, 0.29) is 13.5 Å². The van der Waals surface area contributed by atoms with Crippen LogP contribution in [0.2, 0.25) is 0 Å². The SMILES string of the molecule is CCN(CC(=O)O)S(=O)(=O)CCC(CC(C)(F)C(F)(F)F)C(F)(F)F. The Hall–Kier alpha value is -1.11. The molecule has 0 amide bonds. The number of halogens is 7. The van der Waals surface area contributed by atoms with Gasteiger partial charge in [-0.1, -0.05) is 6.92 Å². The maximum Gasteiger partial charge on any atom is 0.422 e. The van der Waals surface area contributed by atoms with Crippen molar-refractivity contribution in [1.29, 1.82) is 0 Å². The second-order valence-corrected chi connectivity index (χ2v) is 7.65. The van der Waals surface area contributed by atoms with Crippen LogP contribution < -0.4 is 0 Å². The molecule has 0 saturated heterocycles. The van der Waals surface area contributed by atoms with Crippen molar-refractivity contribution in [2.75, 3.05) is 18.8 Å². The zero-order valence-electron chi connectivity index (χ0n) is 13.3. The molecular formula is C12H18F7NO4S. The van der Waals surface area contributed by atoms with Crippen LogP contribution in [0.5, 0.6) is 0 Å². The van der Waals surface area contributed by atoms with Crippen LogP contribution in [-0.2, 0) is 14.8 Å². The van der Waals surface area contributed by atoms with E-state index in [1.54, 1.807) is 0 Å². The van der Waals surface area contributed by atoms with Crippen molar-refractivity contribution in [2.45, 2.75) is 44.7 Å². The molecule has 13 heteroatoms. The third-order valence-corrected chi connectivity index (χ3v) is 5.39. The molecule has 0 aliphatic carbocycles. The first kappa shape index (κ1) is 23.9. The van der Waals surface area contributed by atoms with E-state index in [1.165, 1.54) is 6.92 Å². The number of rotatable bonds is 9. The fourth-order valence-corrected chi connectivity index (χ4v) is 3.48. The molecule has 0 aromatic heterocycles. The first-order chi connectivity index (χ1) is 10.9. The van der Waals surface area contributed by atoms with E-state index in [9.17, 15) is 43.9 Å². The fraction of sp³-hybridized carbons (Fsp3) is 0.917. The zero-order chi connectivity index (χ0) is 20.3. The lowest BCUT2D eigenvalue weighted by Gasteiger charge is -2.30. The molecule has 0 spiro atoms. The highest BCUT2D eigenvalue weighted by molar-refractivity contribution is 7.89. The van der Waals surface area contributed by atoms with Gasteiger partial charge in [-0.2, -0.15) is 30.6 Å². The number of sulfonamides is 1. The highest BCUT2D eigenvalue weighted by atomic mass is 32.2. The van der Waals surface area contributed by atoms with Crippen molar-refractivity contribution in [1.82, 2.24) is 4.31 Å². The number of alkyl halides is 7. The van der Waals surface area contributed by atoms with E-state index in [2.05, 4.69) is 0 Å². The summed E-state index contributed by atoms with van der Waals surface area (Å²) in [4.78, 5) is 10.5. The van der Waals surface area contributed by atoms with Gasteiger partial charge in [0.2, 0.25) is 15.7 Å². The quantitative estimate of drug-likeness (QED) is 0.599. The second-order valence-electron chi connectivity index (χ2n) is 5.56. The predicted octanol–water partition coefficient (Wildman–Crippen LogP) is 2.97. The fourth-order valence-electron chi connectivity index (χ4n) is 1.94. The molecule has 0 saturated carbocycles. The molecule has 0 fully saturated rings. The third kappa shape index (κ3) is 7.34. The van der Waals surface area contributed by atoms with E-state index in [4.69, 9.17) is 5.11 Å². The molecule has 150 valence electrons. The van der Waals surface area contributed by atoms with Gasteiger partial charge in [-0.05, 0) is 13.3 Å². The van der Waals surface area contributed by atoms with E-state index < -0.39 is 65.1 Å². The van der Waals surface area contributed by atoms with Gasteiger partial charge in [-0.3, -0.25) is 4.79 Å². The number of carboxylic acids is 1. The van der Waals surface area contributed by atoms with Crippen LogP contribution >= 0.6 is 0 Å². The molecular weight excluding hydrogens is 387 g/mol. The van der Waals surface area contributed by atoms with Gasteiger partial charge in [0.25, 0.3) is 0 Å². The van der Waals surface area contributed by atoms with Gasteiger partial charge in [0.1, 0.15) is 6.54 Å². The molecule has 0 rings (SSSR count). The topological polar surface area (TPSA) is 74.7 Å². The summed E-state index contributed by atoms with van der Waals surface area (Å²) in [5.41, 5.74) is -4.15. The summed E-state index contributed by atoms with van der Waals surface area (Å²) < 4.78 is 114. The largest absolute Gasteiger partial charge is 0.480 e. The van der Waals surface area contributed by atoms with E-state index in [1.807, 2.05) is 0 Å². The predicted molar refractivity (Wildman–Crippen MR) is 73.0 cm³/mol. The van der Waals surface area contributed by atoms with Crippen molar-refractivity contribution in [3.8, 4) is 0 Å². The Bertz CT molecular complexity index is 557. The van der Waals surface area contributed by atoms with E-state index in [0.29, 0.717) is 4.31 Å². The van der Waals surface area contributed by atoms with Crippen molar-refractivity contribution < 1.29 is 49.1 Å². The minimum atomic E-state index is -5.55. The smallest absolute Gasteiger partial charge is 0.422 e. The first-order valence-electron chi connectivity index (χ1n) is 6.96. The number of nitrogens with zero attached hydrogens (tertiary/aromatic N) is 1. The van der Waals surface area contributed by atoms with Crippen LogP contribution in [0.1, 0.15) is 26.7 Å². The normalized spacial score (nSPS) is 17.4. The molecule has 5 nitrogen and oxygen atoms in total. The van der Waals surface area contributed by atoms with Gasteiger partial charge in [0.15, 0.2) is 0 Å². The summed E-state index contributed by atoms with van der Waals surface area (Å²) in [6, 6.07) is 0. The van der Waals surface area contributed by atoms with Crippen molar-refractivity contribution in [3.63, 3.8) is 0 Å². The van der Waals surface area contributed by atoms with Crippen molar-refractivity contribution in [3.05, 3.63) is 0 Å².